The summed E-state index contributed by atoms with van der Waals surface area (Å²) in [6.07, 6.45) is 1.69. The predicted molar refractivity (Wildman–Crippen MR) is 78.0 cm³/mol. The first-order valence-corrected chi connectivity index (χ1v) is 6.85. The minimum atomic E-state index is -0.572. The summed E-state index contributed by atoms with van der Waals surface area (Å²) in [7, 11) is 1.68. The highest BCUT2D eigenvalue weighted by molar-refractivity contribution is 5.75. The number of aryl methyl sites for hydroxylation is 2. The second-order valence-corrected chi connectivity index (χ2v) is 4.95. The number of nitro groups is 1. The van der Waals surface area contributed by atoms with E-state index in [1.54, 1.807) is 25.1 Å². The van der Waals surface area contributed by atoms with Crippen LogP contribution >= 0.6 is 0 Å². The number of carbonyl (C=O) groups is 1. The Bertz CT molecular complexity index is 690. The van der Waals surface area contributed by atoms with Gasteiger partial charge in [-0.15, -0.1) is 0 Å². The first-order valence-electron chi connectivity index (χ1n) is 6.85. The fourth-order valence-corrected chi connectivity index (χ4v) is 2.10. The molecule has 0 atom stereocenters. The Labute approximate surface area is 127 Å². The normalized spacial score (nSPS) is 10.7. The van der Waals surface area contributed by atoms with Gasteiger partial charge in [0.25, 0.3) is 0 Å². The second kappa shape index (κ2) is 6.37. The van der Waals surface area contributed by atoms with Gasteiger partial charge in [0.2, 0.25) is 5.91 Å². The number of nitrogens with zero attached hydrogens (tertiary/aromatic N) is 6. The highest BCUT2D eigenvalue weighted by Crippen LogP contribution is 2.11. The molecule has 22 heavy (non-hydrogen) atoms. The van der Waals surface area contributed by atoms with Crippen molar-refractivity contribution in [3.63, 3.8) is 0 Å². The van der Waals surface area contributed by atoms with E-state index in [0.29, 0.717) is 12.2 Å². The molecular formula is C13H18N6O3. The molecule has 2 aromatic rings. The molecule has 0 unspecified atom stereocenters. The summed E-state index contributed by atoms with van der Waals surface area (Å²) >= 11 is 0. The van der Waals surface area contributed by atoms with Gasteiger partial charge in [-0.25, -0.2) is 0 Å². The Morgan fingerprint density at radius 1 is 1.45 bits per heavy atom. The van der Waals surface area contributed by atoms with Crippen LogP contribution in [0.4, 0.5) is 5.82 Å². The van der Waals surface area contributed by atoms with Gasteiger partial charge in [-0.05, 0) is 24.8 Å². The van der Waals surface area contributed by atoms with E-state index >= 15 is 0 Å². The topological polar surface area (TPSA) is 99.1 Å². The summed E-state index contributed by atoms with van der Waals surface area (Å²) in [6.45, 7) is 4.78. The largest absolute Gasteiger partial charge is 0.390 e. The summed E-state index contributed by atoms with van der Waals surface area (Å²) in [5.41, 5.74) is 1.51. The minimum Gasteiger partial charge on any atom is -0.358 e. The number of hydrogen-bond acceptors (Lipinski definition) is 5. The molecule has 118 valence electrons. The quantitative estimate of drug-likeness (QED) is 0.585. The van der Waals surface area contributed by atoms with Crippen molar-refractivity contribution in [3.8, 4) is 0 Å². The fraction of sp³-hybridized carbons (Fsp3) is 0.462. The van der Waals surface area contributed by atoms with Crippen LogP contribution in [0.3, 0.4) is 0 Å². The standard InChI is InChI=1S/C13H18N6O3/c1-4-17-11(5-6-14-17)8-16(3)13(20)9-18-10(2)7-12(15-18)19(21)22/h5-7H,4,8-9H2,1-3H3. The fourth-order valence-electron chi connectivity index (χ4n) is 2.10. The van der Waals surface area contributed by atoms with Crippen molar-refractivity contribution in [3.05, 3.63) is 39.8 Å². The van der Waals surface area contributed by atoms with Crippen molar-refractivity contribution in [1.29, 1.82) is 0 Å². The van der Waals surface area contributed by atoms with Crippen LogP contribution in [-0.4, -0.2) is 42.3 Å². The van der Waals surface area contributed by atoms with E-state index in [4.69, 9.17) is 0 Å². The highest BCUT2D eigenvalue weighted by Gasteiger charge is 2.19. The Morgan fingerprint density at radius 2 is 2.18 bits per heavy atom. The Kier molecular flexibility index (Phi) is 4.54. The third kappa shape index (κ3) is 3.30. The van der Waals surface area contributed by atoms with Crippen LogP contribution in [0, 0.1) is 17.0 Å². The minimum absolute atomic E-state index is 0.0313. The number of amides is 1. The molecule has 0 aliphatic carbocycles. The van der Waals surface area contributed by atoms with Gasteiger partial charge in [0.1, 0.15) is 6.54 Å². The smallest absolute Gasteiger partial charge is 0.358 e. The molecule has 0 bridgehead atoms. The van der Waals surface area contributed by atoms with Gasteiger partial charge in [0.15, 0.2) is 0 Å². The van der Waals surface area contributed by atoms with Gasteiger partial charge in [-0.3, -0.25) is 9.48 Å². The summed E-state index contributed by atoms with van der Waals surface area (Å²) < 4.78 is 3.15. The number of hydrogen-bond donors (Lipinski definition) is 0. The number of rotatable bonds is 6. The summed E-state index contributed by atoms with van der Waals surface area (Å²) in [5.74, 6) is -0.429. The number of aromatic nitrogens is 4. The van der Waals surface area contributed by atoms with E-state index in [1.807, 2.05) is 17.7 Å². The molecule has 0 aliphatic rings. The van der Waals surface area contributed by atoms with E-state index < -0.39 is 4.92 Å². The van der Waals surface area contributed by atoms with Gasteiger partial charge in [0, 0.05) is 19.8 Å². The van der Waals surface area contributed by atoms with E-state index in [2.05, 4.69) is 10.2 Å². The van der Waals surface area contributed by atoms with Crippen LogP contribution in [0.15, 0.2) is 18.3 Å². The highest BCUT2D eigenvalue weighted by atomic mass is 16.6. The summed E-state index contributed by atoms with van der Waals surface area (Å²) in [4.78, 5) is 23.9. The van der Waals surface area contributed by atoms with Gasteiger partial charge in [-0.1, -0.05) is 0 Å². The molecule has 1 amide bonds. The van der Waals surface area contributed by atoms with Crippen LogP contribution in [-0.2, 0) is 24.4 Å². The molecule has 0 spiro atoms. The zero-order valence-electron chi connectivity index (χ0n) is 12.8. The predicted octanol–water partition coefficient (Wildman–Crippen LogP) is 0.975. The Morgan fingerprint density at radius 3 is 2.77 bits per heavy atom. The maximum atomic E-state index is 12.2. The average Bonchev–Trinajstić information content (AvgIpc) is 3.06. The van der Waals surface area contributed by atoms with E-state index in [-0.39, 0.29) is 18.3 Å². The van der Waals surface area contributed by atoms with Crippen LogP contribution in [0.2, 0.25) is 0 Å². The van der Waals surface area contributed by atoms with Crippen LogP contribution in [0.5, 0.6) is 0 Å². The lowest BCUT2D eigenvalue weighted by molar-refractivity contribution is -0.389. The number of carbonyl (C=O) groups excluding carboxylic acids is 1. The molecule has 0 radical (unpaired) electrons. The molecular weight excluding hydrogens is 288 g/mol. The molecule has 0 N–H and O–H groups in total. The molecule has 0 saturated carbocycles. The van der Waals surface area contributed by atoms with Crippen LogP contribution in [0.1, 0.15) is 18.3 Å². The van der Waals surface area contributed by atoms with Gasteiger partial charge in [-0.2, -0.15) is 9.78 Å². The molecule has 0 fully saturated rings. The Hall–Kier alpha value is -2.71. The SMILES string of the molecule is CCn1nccc1CN(C)C(=O)Cn1nc([N+](=O)[O-])cc1C. The molecule has 2 aromatic heterocycles. The zero-order valence-corrected chi connectivity index (χ0v) is 12.8. The lowest BCUT2D eigenvalue weighted by Crippen LogP contribution is -2.31. The Balaban J connectivity index is 2.04. The summed E-state index contributed by atoms with van der Waals surface area (Å²) in [5, 5.41) is 18.7. The van der Waals surface area contributed by atoms with Crippen LogP contribution < -0.4 is 0 Å². The maximum absolute atomic E-state index is 12.2. The van der Waals surface area contributed by atoms with Crippen molar-refractivity contribution in [2.24, 2.45) is 0 Å². The lowest BCUT2D eigenvalue weighted by Gasteiger charge is -2.17. The third-order valence-corrected chi connectivity index (χ3v) is 3.37. The van der Waals surface area contributed by atoms with Crippen molar-refractivity contribution >= 4 is 11.7 Å². The molecule has 9 heteroatoms. The molecule has 9 nitrogen and oxygen atoms in total. The van der Waals surface area contributed by atoms with Gasteiger partial charge < -0.3 is 15.0 Å². The average molecular weight is 306 g/mol. The van der Waals surface area contributed by atoms with Crippen molar-refractivity contribution in [2.45, 2.75) is 33.5 Å². The first kappa shape index (κ1) is 15.7. The molecule has 0 aromatic carbocycles. The summed E-state index contributed by atoms with van der Waals surface area (Å²) in [6, 6.07) is 3.21. The lowest BCUT2D eigenvalue weighted by atomic mass is 10.3. The van der Waals surface area contributed by atoms with E-state index in [0.717, 1.165) is 12.2 Å². The molecule has 0 saturated heterocycles. The zero-order chi connectivity index (χ0) is 16.3. The van der Waals surface area contributed by atoms with E-state index in [1.165, 1.54) is 10.7 Å². The van der Waals surface area contributed by atoms with Crippen molar-refractivity contribution in [2.75, 3.05) is 7.05 Å². The van der Waals surface area contributed by atoms with Gasteiger partial charge >= 0.3 is 5.82 Å². The maximum Gasteiger partial charge on any atom is 0.390 e. The van der Waals surface area contributed by atoms with Gasteiger partial charge in [0.05, 0.1) is 29.1 Å². The van der Waals surface area contributed by atoms with E-state index in [9.17, 15) is 14.9 Å². The van der Waals surface area contributed by atoms with Crippen molar-refractivity contribution in [1.82, 2.24) is 24.5 Å². The molecule has 0 aliphatic heterocycles. The first-order chi connectivity index (χ1) is 10.4. The number of likely N-dealkylation sites (N-methyl/N-ethyl adjacent to an activating group) is 1. The molecule has 2 rings (SSSR count). The third-order valence-electron chi connectivity index (χ3n) is 3.37. The van der Waals surface area contributed by atoms with Crippen LogP contribution in [0.25, 0.3) is 0 Å². The van der Waals surface area contributed by atoms with Crippen molar-refractivity contribution < 1.29 is 9.72 Å². The molecule has 2 heterocycles. The monoisotopic (exact) mass is 306 g/mol. The second-order valence-electron chi connectivity index (χ2n) is 4.95.